The molecule has 3 rings (SSSR count). The summed E-state index contributed by atoms with van der Waals surface area (Å²) >= 11 is 6.43. The van der Waals surface area contributed by atoms with Gasteiger partial charge in [0, 0.05) is 17.0 Å². The number of phenolic OH excluding ortho intramolecular Hbond substituents is 2. The van der Waals surface area contributed by atoms with Gasteiger partial charge in [-0.05, 0) is 58.1 Å². The number of aromatic hydroxyl groups is 2. The van der Waals surface area contributed by atoms with Gasteiger partial charge in [-0.15, -0.1) is 11.6 Å². The molecule has 0 heterocycles. The fourth-order valence-electron chi connectivity index (χ4n) is 4.13. The molecule has 26 heavy (non-hydrogen) atoms. The van der Waals surface area contributed by atoms with Crippen LogP contribution in [0, 0.1) is 27.7 Å². The third-order valence-electron chi connectivity index (χ3n) is 5.28. The van der Waals surface area contributed by atoms with Crippen LogP contribution in [-0.4, -0.2) is 15.6 Å². The van der Waals surface area contributed by atoms with E-state index in [9.17, 15) is 10.2 Å². The van der Waals surface area contributed by atoms with E-state index in [1.54, 1.807) is 0 Å². The van der Waals surface area contributed by atoms with Gasteiger partial charge in [-0.2, -0.15) is 0 Å². The largest absolute Gasteiger partial charge is 0.507 e. The molecule has 3 heteroatoms. The Kier molecular flexibility index (Phi) is 5.34. The molecule has 0 bridgehead atoms. The van der Waals surface area contributed by atoms with Crippen LogP contribution < -0.4 is 0 Å². The summed E-state index contributed by atoms with van der Waals surface area (Å²) in [6.45, 7) is 7.91. The first-order chi connectivity index (χ1) is 12.3. The van der Waals surface area contributed by atoms with Crippen LogP contribution in [-0.2, 0) is 0 Å². The van der Waals surface area contributed by atoms with E-state index in [-0.39, 0.29) is 11.3 Å². The van der Waals surface area contributed by atoms with Crippen LogP contribution in [0.2, 0.25) is 0 Å². The van der Waals surface area contributed by atoms with E-state index in [0.29, 0.717) is 11.5 Å². The predicted molar refractivity (Wildman–Crippen MR) is 109 cm³/mol. The maximum Gasteiger partial charge on any atom is 0.122 e. The summed E-state index contributed by atoms with van der Waals surface area (Å²) in [5.74, 6) is 0.419. The van der Waals surface area contributed by atoms with E-state index in [4.69, 9.17) is 11.6 Å². The van der Waals surface area contributed by atoms with Crippen LogP contribution >= 0.6 is 11.6 Å². The molecule has 1 atom stereocenters. The third-order valence-corrected chi connectivity index (χ3v) is 5.63. The Labute approximate surface area is 161 Å². The molecule has 1 aliphatic carbocycles. The Balaban J connectivity index is 2.28. The number of aryl methyl sites for hydroxylation is 4. The molecular weight excluding hydrogens is 344 g/mol. The maximum atomic E-state index is 10.8. The predicted octanol–water partition coefficient (Wildman–Crippen LogP) is 6.18. The Hall–Kier alpha value is -1.93. The summed E-state index contributed by atoms with van der Waals surface area (Å²) in [5.41, 5.74) is 6.78. The van der Waals surface area contributed by atoms with Gasteiger partial charge in [0.1, 0.15) is 11.5 Å². The van der Waals surface area contributed by atoms with Gasteiger partial charge in [0.2, 0.25) is 0 Å². The van der Waals surface area contributed by atoms with E-state index < -0.39 is 0 Å². The molecule has 2 nitrogen and oxygen atoms in total. The highest BCUT2D eigenvalue weighted by molar-refractivity contribution is 6.21. The number of hydrogen-bond acceptors (Lipinski definition) is 2. The third kappa shape index (κ3) is 3.61. The molecule has 0 radical (unpaired) electrons. The van der Waals surface area contributed by atoms with Gasteiger partial charge in [0.25, 0.3) is 0 Å². The van der Waals surface area contributed by atoms with Gasteiger partial charge in [-0.1, -0.05) is 47.0 Å². The SMILES string of the molecule is Cc1cc(C)c(O)c(C(C2=CC(Cl)CCC2)c2cc(C)cc(C)c2O)c1. The van der Waals surface area contributed by atoms with Gasteiger partial charge < -0.3 is 10.2 Å². The molecule has 0 saturated heterocycles. The molecule has 1 aliphatic rings. The number of allylic oxidation sites excluding steroid dienone is 2. The first-order valence-electron chi connectivity index (χ1n) is 9.22. The van der Waals surface area contributed by atoms with E-state index >= 15 is 0 Å². The van der Waals surface area contributed by atoms with Crippen molar-refractivity contribution in [2.24, 2.45) is 0 Å². The number of hydrogen-bond donors (Lipinski definition) is 2. The summed E-state index contributed by atoms with van der Waals surface area (Å²) < 4.78 is 0. The highest BCUT2D eigenvalue weighted by Gasteiger charge is 2.28. The lowest BCUT2D eigenvalue weighted by Gasteiger charge is -2.28. The number of rotatable bonds is 3. The highest BCUT2D eigenvalue weighted by atomic mass is 35.5. The Morgan fingerprint density at radius 1 is 0.885 bits per heavy atom. The molecule has 2 aromatic rings. The van der Waals surface area contributed by atoms with Crippen molar-refractivity contribution >= 4 is 11.6 Å². The van der Waals surface area contributed by atoms with Crippen LogP contribution in [0.3, 0.4) is 0 Å². The molecular formula is C23H27ClO2. The monoisotopic (exact) mass is 370 g/mol. The highest BCUT2D eigenvalue weighted by Crippen LogP contribution is 2.46. The molecule has 0 aliphatic heterocycles. The molecule has 138 valence electrons. The minimum absolute atomic E-state index is 0.00217. The average Bonchev–Trinajstić information content (AvgIpc) is 2.56. The number of benzene rings is 2. The lowest BCUT2D eigenvalue weighted by atomic mass is 9.77. The van der Waals surface area contributed by atoms with Crippen molar-refractivity contribution in [3.8, 4) is 11.5 Å². The van der Waals surface area contributed by atoms with Crippen molar-refractivity contribution < 1.29 is 10.2 Å². The molecule has 0 fully saturated rings. The smallest absolute Gasteiger partial charge is 0.122 e. The quantitative estimate of drug-likeness (QED) is 0.500. The summed E-state index contributed by atoms with van der Waals surface area (Å²) in [7, 11) is 0. The van der Waals surface area contributed by atoms with Gasteiger partial charge in [0.05, 0.1) is 5.38 Å². The van der Waals surface area contributed by atoms with Crippen molar-refractivity contribution in [1.82, 2.24) is 0 Å². The molecule has 2 aromatic carbocycles. The van der Waals surface area contributed by atoms with Crippen molar-refractivity contribution in [3.63, 3.8) is 0 Å². The summed E-state index contributed by atoms with van der Waals surface area (Å²) in [6.07, 6.45) is 5.03. The fourth-order valence-corrected chi connectivity index (χ4v) is 4.45. The van der Waals surface area contributed by atoms with E-state index in [2.05, 4.69) is 6.08 Å². The summed E-state index contributed by atoms with van der Waals surface area (Å²) in [5, 5.41) is 21.7. The molecule has 0 spiro atoms. The summed E-state index contributed by atoms with van der Waals surface area (Å²) in [6, 6.07) is 8.03. The average molecular weight is 371 g/mol. The van der Waals surface area contributed by atoms with Crippen molar-refractivity contribution in [2.45, 2.75) is 58.3 Å². The number of alkyl halides is 1. The van der Waals surface area contributed by atoms with Crippen LogP contribution in [0.1, 0.15) is 58.6 Å². The standard InChI is InChI=1S/C23H27ClO2/c1-13-8-15(3)22(25)19(10-13)21(17-6-5-7-18(24)12-17)20-11-14(2)9-16(4)23(20)26/h8-12,18,21,25-26H,5-7H2,1-4H3. The van der Waals surface area contributed by atoms with Gasteiger partial charge in [-0.25, -0.2) is 0 Å². The molecule has 0 aromatic heterocycles. The van der Waals surface area contributed by atoms with Crippen LogP contribution in [0.4, 0.5) is 0 Å². The van der Waals surface area contributed by atoms with Crippen LogP contribution in [0.25, 0.3) is 0 Å². The van der Waals surface area contributed by atoms with Gasteiger partial charge in [0.15, 0.2) is 0 Å². The Morgan fingerprint density at radius 2 is 1.38 bits per heavy atom. The molecule has 2 N–H and O–H groups in total. The Bertz CT molecular complexity index is 809. The zero-order valence-electron chi connectivity index (χ0n) is 15.9. The van der Waals surface area contributed by atoms with E-state index in [1.165, 1.54) is 5.57 Å². The van der Waals surface area contributed by atoms with Crippen molar-refractivity contribution in [3.05, 3.63) is 69.3 Å². The Morgan fingerprint density at radius 3 is 1.85 bits per heavy atom. The van der Waals surface area contributed by atoms with E-state index in [1.807, 2.05) is 52.0 Å². The van der Waals surface area contributed by atoms with Crippen molar-refractivity contribution in [2.75, 3.05) is 0 Å². The minimum Gasteiger partial charge on any atom is -0.507 e. The fraction of sp³-hybridized carbons (Fsp3) is 0.391. The van der Waals surface area contributed by atoms with E-state index in [0.717, 1.165) is 52.6 Å². The molecule has 0 saturated carbocycles. The second-order valence-corrected chi connectivity index (χ2v) is 8.18. The van der Waals surface area contributed by atoms with Gasteiger partial charge >= 0.3 is 0 Å². The molecule has 1 unspecified atom stereocenters. The number of halogens is 1. The maximum absolute atomic E-state index is 10.8. The first-order valence-corrected chi connectivity index (χ1v) is 9.66. The van der Waals surface area contributed by atoms with Crippen LogP contribution in [0.15, 0.2) is 35.9 Å². The lowest BCUT2D eigenvalue weighted by molar-refractivity contribution is 0.452. The normalized spacial score (nSPS) is 17.5. The number of phenols is 2. The van der Waals surface area contributed by atoms with Crippen molar-refractivity contribution in [1.29, 1.82) is 0 Å². The first kappa shape index (κ1) is 18.8. The zero-order chi connectivity index (χ0) is 19.0. The minimum atomic E-state index is -0.186. The summed E-state index contributed by atoms with van der Waals surface area (Å²) in [4.78, 5) is 0. The lowest BCUT2D eigenvalue weighted by Crippen LogP contribution is -2.13. The second kappa shape index (κ2) is 7.36. The van der Waals surface area contributed by atoms with Gasteiger partial charge in [-0.3, -0.25) is 0 Å². The zero-order valence-corrected chi connectivity index (χ0v) is 16.7. The topological polar surface area (TPSA) is 40.5 Å². The van der Waals surface area contributed by atoms with Crippen LogP contribution in [0.5, 0.6) is 11.5 Å². The molecule has 0 amide bonds. The second-order valence-electron chi connectivity index (χ2n) is 7.62.